The number of fused-ring (bicyclic) bond motifs is 3. The molecule has 2 aliphatic carbocycles. The van der Waals surface area contributed by atoms with Gasteiger partial charge in [-0.3, -0.25) is 4.79 Å². The predicted molar refractivity (Wildman–Crippen MR) is 107 cm³/mol. The van der Waals surface area contributed by atoms with Crippen LogP contribution < -0.4 is 9.47 Å². The van der Waals surface area contributed by atoms with Crippen LogP contribution in [0.3, 0.4) is 0 Å². The summed E-state index contributed by atoms with van der Waals surface area (Å²) in [6.07, 6.45) is 7.19. The Morgan fingerprint density at radius 3 is 2.33 bits per heavy atom. The van der Waals surface area contributed by atoms with Crippen molar-refractivity contribution < 1.29 is 19.0 Å². The van der Waals surface area contributed by atoms with Gasteiger partial charge in [0.15, 0.2) is 11.5 Å². The topological polar surface area (TPSA) is 44.8 Å². The molecule has 4 nitrogen and oxygen atoms in total. The Balaban J connectivity index is 2.40. The van der Waals surface area contributed by atoms with Gasteiger partial charge in [-0.05, 0) is 35.8 Å². The zero-order valence-corrected chi connectivity index (χ0v) is 17.6. The van der Waals surface area contributed by atoms with Crippen molar-refractivity contribution in [3.05, 3.63) is 28.8 Å². The van der Waals surface area contributed by atoms with Gasteiger partial charge in [0.25, 0.3) is 0 Å². The molecule has 0 aliphatic heterocycles. The molecule has 27 heavy (non-hydrogen) atoms. The van der Waals surface area contributed by atoms with E-state index in [1.165, 1.54) is 7.11 Å². The average Bonchev–Trinajstić information content (AvgIpc) is 2.64. The first-order valence-electron chi connectivity index (χ1n) is 9.80. The van der Waals surface area contributed by atoms with Gasteiger partial charge in [-0.1, -0.05) is 46.3 Å². The maximum Gasteiger partial charge on any atom is 0.317 e. The van der Waals surface area contributed by atoms with E-state index >= 15 is 0 Å². The van der Waals surface area contributed by atoms with Gasteiger partial charge in [0.05, 0.1) is 21.3 Å². The zero-order chi connectivity index (χ0) is 20.0. The quantitative estimate of drug-likeness (QED) is 0.691. The van der Waals surface area contributed by atoms with E-state index in [2.05, 4.69) is 45.9 Å². The molecule has 2 aliphatic rings. The molecule has 2 atom stereocenters. The van der Waals surface area contributed by atoms with E-state index < -0.39 is 5.41 Å². The van der Waals surface area contributed by atoms with Gasteiger partial charge >= 0.3 is 5.97 Å². The molecular formula is C23H32O4. The molecule has 1 saturated carbocycles. The van der Waals surface area contributed by atoms with E-state index in [-0.39, 0.29) is 23.2 Å². The Morgan fingerprint density at radius 2 is 1.78 bits per heavy atom. The average molecular weight is 373 g/mol. The molecule has 1 fully saturated rings. The highest BCUT2D eigenvalue weighted by atomic mass is 16.5. The summed E-state index contributed by atoms with van der Waals surface area (Å²) in [6, 6.07) is 2.15. The van der Waals surface area contributed by atoms with Crippen molar-refractivity contribution in [1.82, 2.24) is 0 Å². The molecule has 0 radical (unpaired) electrons. The summed E-state index contributed by atoms with van der Waals surface area (Å²) in [5, 5.41) is 0. The standard InChI is InChI=1S/C23H32O4/c1-14(2)16-13-15-9-10-17-22(3,4)11-8-12-23(17,21(24)27-7)18(15)20(26-6)19(16)25-5/h9-10,13-14,17H,8,11-12H2,1-7H3/t17-,23+/m0/s1. The van der Waals surface area contributed by atoms with Gasteiger partial charge in [0.2, 0.25) is 0 Å². The first-order valence-corrected chi connectivity index (χ1v) is 9.80. The Morgan fingerprint density at radius 1 is 1.11 bits per heavy atom. The molecule has 148 valence electrons. The van der Waals surface area contributed by atoms with Crippen LogP contribution in [0.25, 0.3) is 6.08 Å². The van der Waals surface area contributed by atoms with Gasteiger partial charge in [-0.15, -0.1) is 0 Å². The van der Waals surface area contributed by atoms with Crippen LogP contribution in [0.15, 0.2) is 12.1 Å². The number of carbonyl (C=O) groups is 1. The molecule has 0 unspecified atom stereocenters. The van der Waals surface area contributed by atoms with E-state index in [4.69, 9.17) is 14.2 Å². The monoisotopic (exact) mass is 372 g/mol. The molecule has 0 spiro atoms. The predicted octanol–water partition coefficient (Wildman–Crippen LogP) is 5.09. The zero-order valence-electron chi connectivity index (χ0n) is 17.6. The van der Waals surface area contributed by atoms with Crippen LogP contribution >= 0.6 is 0 Å². The summed E-state index contributed by atoms with van der Waals surface area (Å²) in [7, 11) is 4.82. The van der Waals surface area contributed by atoms with Crippen molar-refractivity contribution in [2.24, 2.45) is 11.3 Å². The number of carbonyl (C=O) groups excluding carboxylic acids is 1. The SMILES string of the molecule is COC(=O)[C@]12CCCC(C)(C)[C@@H]1C=Cc1cc(C(C)C)c(OC)c(OC)c12. The number of benzene rings is 1. The molecule has 1 aromatic carbocycles. The maximum atomic E-state index is 13.3. The minimum absolute atomic E-state index is 0.00437. The maximum absolute atomic E-state index is 13.3. The first-order chi connectivity index (χ1) is 12.7. The van der Waals surface area contributed by atoms with Crippen molar-refractivity contribution in [3.8, 4) is 11.5 Å². The lowest BCUT2D eigenvalue weighted by Crippen LogP contribution is -2.53. The molecule has 1 aromatic rings. The highest BCUT2D eigenvalue weighted by molar-refractivity contribution is 5.90. The van der Waals surface area contributed by atoms with Crippen LogP contribution in [-0.4, -0.2) is 27.3 Å². The lowest BCUT2D eigenvalue weighted by atomic mass is 9.51. The number of ether oxygens (including phenoxy) is 3. The minimum Gasteiger partial charge on any atom is -0.493 e. The number of hydrogen-bond acceptors (Lipinski definition) is 4. The Hall–Kier alpha value is -1.97. The highest BCUT2D eigenvalue weighted by Gasteiger charge is 2.58. The van der Waals surface area contributed by atoms with Crippen molar-refractivity contribution in [2.45, 2.75) is 58.3 Å². The van der Waals surface area contributed by atoms with Crippen molar-refractivity contribution in [1.29, 1.82) is 0 Å². The van der Waals surface area contributed by atoms with Gasteiger partial charge in [-0.2, -0.15) is 0 Å². The second-order valence-electron chi connectivity index (χ2n) is 8.79. The van der Waals surface area contributed by atoms with Crippen molar-refractivity contribution >= 4 is 12.0 Å². The third-order valence-corrected chi connectivity index (χ3v) is 6.55. The Bertz CT molecular complexity index is 775. The fraction of sp³-hybridized carbons (Fsp3) is 0.609. The van der Waals surface area contributed by atoms with Gasteiger partial charge in [0.1, 0.15) is 5.41 Å². The van der Waals surface area contributed by atoms with Crippen LogP contribution in [0.5, 0.6) is 11.5 Å². The molecule has 0 amide bonds. The van der Waals surface area contributed by atoms with E-state index in [0.717, 1.165) is 41.7 Å². The molecular weight excluding hydrogens is 340 g/mol. The number of methoxy groups -OCH3 is 3. The summed E-state index contributed by atoms with van der Waals surface area (Å²) >= 11 is 0. The summed E-state index contributed by atoms with van der Waals surface area (Å²) in [5.41, 5.74) is 2.31. The molecule has 0 N–H and O–H groups in total. The third-order valence-electron chi connectivity index (χ3n) is 6.55. The van der Waals surface area contributed by atoms with E-state index in [0.29, 0.717) is 5.75 Å². The van der Waals surface area contributed by atoms with Gasteiger partial charge in [0, 0.05) is 17.0 Å². The highest BCUT2D eigenvalue weighted by Crippen LogP contribution is 2.60. The number of allylic oxidation sites excluding steroid dienone is 1. The van der Waals surface area contributed by atoms with Crippen LogP contribution in [-0.2, 0) is 14.9 Å². The van der Waals surface area contributed by atoms with Crippen LogP contribution in [0.1, 0.15) is 69.6 Å². The van der Waals surface area contributed by atoms with Crippen LogP contribution in [0.2, 0.25) is 0 Å². The number of hydrogen-bond donors (Lipinski definition) is 0. The van der Waals surface area contributed by atoms with E-state index in [1.54, 1.807) is 14.2 Å². The molecule has 0 heterocycles. The normalized spacial score (nSPS) is 25.6. The van der Waals surface area contributed by atoms with E-state index in [9.17, 15) is 4.79 Å². The minimum atomic E-state index is -0.741. The molecule has 0 saturated heterocycles. The second kappa shape index (κ2) is 6.88. The Kier molecular flexibility index (Phi) is 5.04. The first kappa shape index (κ1) is 19.8. The number of esters is 1. The second-order valence-corrected chi connectivity index (χ2v) is 8.79. The summed E-state index contributed by atoms with van der Waals surface area (Å²) in [4.78, 5) is 13.3. The molecule has 3 rings (SSSR count). The van der Waals surface area contributed by atoms with Gasteiger partial charge < -0.3 is 14.2 Å². The number of rotatable bonds is 4. The molecule has 0 aromatic heterocycles. The summed E-state index contributed by atoms with van der Waals surface area (Å²) in [5.74, 6) is 1.57. The van der Waals surface area contributed by atoms with Crippen LogP contribution in [0, 0.1) is 11.3 Å². The Labute approximate surface area is 162 Å². The molecule has 0 bridgehead atoms. The summed E-state index contributed by atoms with van der Waals surface area (Å²) in [6.45, 7) is 8.77. The molecule has 4 heteroatoms. The lowest BCUT2D eigenvalue weighted by molar-refractivity contribution is -0.154. The van der Waals surface area contributed by atoms with E-state index in [1.807, 2.05) is 0 Å². The lowest BCUT2D eigenvalue weighted by Gasteiger charge is -2.52. The fourth-order valence-electron chi connectivity index (χ4n) is 5.33. The largest absolute Gasteiger partial charge is 0.493 e. The van der Waals surface area contributed by atoms with Crippen molar-refractivity contribution in [2.75, 3.05) is 21.3 Å². The van der Waals surface area contributed by atoms with Crippen molar-refractivity contribution in [3.63, 3.8) is 0 Å². The smallest absolute Gasteiger partial charge is 0.317 e. The summed E-state index contributed by atoms with van der Waals surface area (Å²) < 4.78 is 17.1. The van der Waals surface area contributed by atoms with Crippen LogP contribution in [0.4, 0.5) is 0 Å². The fourth-order valence-corrected chi connectivity index (χ4v) is 5.33. The third kappa shape index (κ3) is 2.76. The van der Waals surface area contributed by atoms with Gasteiger partial charge in [-0.25, -0.2) is 0 Å².